The summed E-state index contributed by atoms with van der Waals surface area (Å²) in [5, 5.41) is 0. The van der Waals surface area contributed by atoms with Gasteiger partial charge in [-0.15, -0.1) is 0 Å². The van der Waals surface area contributed by atoms with Gasteiger partial charge < -0.3 is 5.73 Å². The third-order valence-corrected chi connectivity index (χ3v) is 2.45. The first-order valence-corrected chi connectivity index (χ1v) is 4.68. The molecule has 2 rings (SSSR count). The molecule has 72 valence electrons. The molecule has 0 heterocycles. The Labute approximate surface area is 82.6 Å². The number of carbonyl (C=O) groups excluding carboxylic acids is 1. The van der Waals surface area contributed by atoms with Crippen molar-refractivity contribution in [2.24, 2.45) is 10.7 Å². The lowest BCUT2D eigenvalue weighted by atomic mass is 10.1. The van der Waals surface area contributed by atoms with E-state index in [0.29, 0.717) is 6.41 Å². The van der Waals surface area contributed by atoms with Crippen molar-refractivity contribution in [2.75, 3.05) is 0 Å². The number of amidine groups is 1. The van der Waals surface area contributed by atoms with Crippen LogP contribution in [0.4, 0.5) is 0 Å². The molecule has 3 heteroatoms. The summed E-state index contributed by atoms with van der Waals surface area (Å²) in [6.07, 6.45) is 3.04. The number of hydrogen-bond donors (Lipinski definition) is 1. The predicted molar refractivity (Wildman–Crippen MR) is 55.2 cm³/mol. The molecule has 14 heavy (non-hydrogen) atoms. The highest BCUT2D eigenvalue weighted by Gasteiger charge is 2.22. The number of benzene rings is 1. The van der Waals surface area contributed by atoms with Crippen LogP contribution in [0.25, 0.3) is 0 Å². The fourth-order valence-electron chi connectivity index (χ4n) is 1.47. The maximum absolute atomic E-state index is 10.1. The largest absolute Gasteiger partial charge is 0.383 e. The lowest BCUT2D eigenvalue weighted by Crippen LogP contribution is -2.13. The van der Waals surface area contributed by atoms with Gasteiger partial charge in [0.15, 0.2) is 0 Å². The molecule has 1 aliphatic carbocycles. The monoisotopic (exact) mass is 188 g/mol. The smallest absolute Gasteiger partial charge is 0.234 e. The molecule has 0 aromatic heterocycles. The highest BCUT2D eigenvalue weighted by molar-refractivity contribution is 6.00. The number of nitrogens with two attached hydrogens (primary N) is 1. The first-order valence-electron chi connectivity index (χ1n) is 4.68. The van der Waals surface area contributed by atoms with Gasteiger partial charge in [0.1, 0.15) is 5.84 Å². The van der Waals surface area contributed by atoms with Crippen LogP contribution in [0.15, 0.2) is 29.3 Å². The molecule has 0 aliphatic heterocycles. The summed E-state index contributed by atoms with van der Waals surface area (Å²) in [4.78, 5) is 13.6. The lowest BCUT2D eigenvalue weighted by molar-refractivity contribution is -0.106. The Hall–Kier alpha value is -1.64. The van der Waals surface area contributed by atoms with Gasteiger partial charge in [-0.05, 0) is 24.3 Å². The maximum Gasteiger partial charge on any atom is 0.234 e. The second-order valence-electron chi connectivity index (χ2n) is 3.52. The zero-order valence-electron chi connectivity index (χ0n) is 7.81. The Kier molecular flexibility index (Phi) is 2.31. The summed E-state index contributed by atoms with van der Waals surface area (Å²) in [5.41, 5.74) is 7.73. The number of hydrogen-bond acceptors (Lipinski definition) is 1. The lowest BCUT2D eigenvalue weighted by Gasteiger charge is -2.01. The van der Waals surface area contributed by atoms with Gasteiger partial charge in [0.25, 0.3) is 0 Å². The summed E-state index contributed by atoms with van der Waals surface area (Å²) in [5.74, 6) is 1.02. The molecule has 0 unspecified atom stereocenters. The summed E-state index contributed by atoms with van der Waals surface area (Å²) in [6, 6.07) is 7.94. The van der Waals surface area contributed by atoms with E-state index in [9.17, 15) is 4.79 Å². The van der Waals surface area contributed by atoms with E-state index in [-0.39, 0.29) is 5.84 Å². The Balaban J connectivity index is 2.20. The van der Waals surface area contributed by atoms with Crippen molar-refractivity contribution in [3.05, 3.63) is 35.4 Å². The molecule has 1 amide bonds. The molecule has 3 nitrogen and oxygen atoms in total. The summed E-state index contributed by atoms with van der Waals surface area (Å²) in [7, 11) is 0. The number of amides is 1. The minimum absolute atomic E-state index is 0.280. The molecular weight excluding hydrogens is 176 g/mol. The third kappa shape index (κ3) is 1.82. The summed E-state index contributed by atoms with van der Waals surface area (Å²) >= 11 is 0. The Morgan fingerprint density at radius 2 is 2.00 bits per heavy atom. The van der Waals surface area contributed by atoms with Crippen LogP contribution in [-0.2, 0) is 4.79 Å². The zero-order valence-corrected chi connectivity index (χ0v) is 7.81. The Bertz CT molecular complexity index is 363. The maximum atomic E-state index is 10.1. The van der Waals surface area contributed by atoms with Crippen molar-refractivity contribution in [2.45, 2.75) is 18.8 Å². The molecule has 0 spiro atoms. The van der Waals surface area contributed by atoms with E-state index in [1.165, 1.54) is 18.4 Å². The summed E-state index contributed by atoms with van der Waals surface area (Å²) < 4.78 is 0. The molecule has 1 saturated carbocycles. The molecule has 1 fully saturated rings. The van der Waals surface area contributed by atoms with Crippen LogP contribution in [0, 0.1) is 0 Å². The number of aliphatic imine (C=N–C) groups is 1. The van der Waals surface area contributed by atoms with E-state index < -0.39 is 0 Å². The average molecular weight is 188 g/mol. The molecule has 0 bridgehead atoms. The van der Waals surface area contributed by atoms with Crippen LogP contribution in [0.3, 0.4) is 0 Å². The first-order chi connectivity index (χ1) is 6.81. The highest BCUT2D eigenvalue weighted by atomic mass is 16.1. The second-order valence-corrected chi connectivity index (χ2v) is 3.52. The number of nitrogens with zero attached hydrogens (tertiary/aromatic N) is 1. The van der Waals surface area contributed by atoms with Gasteiger partial charge in [0.05, 0.1) is 0 Å². The van der Waals surface area contributed by atoms with Crippen LogP contribution in [0.1, 0.15) is 29.9 Å². The van der Waals surface area contributed by atoms with Crippen molar-refractivity contribution in [3.8, 4) is 0 Å². The molecule has 2 N–H and O–H groups in total. The first kappa shape index (κ1) is 8.94. The second kappa shape index (κ2) is 3.62. The minimum Gasteiger partial charge on any atom is -0.383 e. The molecule has 0 atom stereocenters. The van der Waals surface area contributed by atoms with E-state index in [0.717, 1.165) is 11.5 Å². The fourth-order valence-corrected chi connectivity index (χ4v) is 1.47. The van der Waals surface area contributed by atoms with Crippen molar-refractivity contribution >= 4 is 12.2 Å². The fraction of sp³-hybridized carbons (Fsp3) is 0.273. The Morgan fingerprint density at radius 3 is 2.50 bits per heavy atom. The van der Waals surface area contributed by atoms with Gasteiger partial charge in [0, 0.05) is 5.56 Å². The van der Waals surface area contributed by atoms with Crippen molar-refractivity contribution in [1.82, 2.24) is 0 Å². The van der Waals surface area contributed by atoms with Gasteiger partial charge in [-0.2, -0.15) is 4.99 Å². The van der Waals surface area contributed by atoms with Crippen LogP contribution >= 0.6 is 0 Å². The van der Waals surface area contributed by atoms with Crippen LogP contribution in [0.2, 0.25) is 0 Å². The highest BCUT2D eigenvalue weighted by Crippen LogP contribution is 2.39. The molecule has 0 radical (unpaired) electrons. The number of carbonyl (C=O) groups is 1. The van der Waals surface area contributed by atoms with Crippen molar-refractivity contribution in [3.63, 3.8) is 0 Å². The van der Waals surface area contributed by atoms with Crippen molar-refractivity contribution < 1.29 is 4.79 Å². The standard InChI is InChI=1S/C11H12N2O/c12-11(13-7-14)10-5-3-9(4-6-10)8-1-2-8/h3-8H,1-2H2,(H2,12,13,14). The quantitative estimate of drug-likeness (QED) is 0.443. The van der Waals surface area contributed by atoms with Gasteiger partial charge in [-0.1, -0.05) is 24.3 Å². The topological polar surface area (TPSA) is 55.4 Å². The third-order valence-electron chi connectivity index (χ3n) is 2.45. The van der Waals surface area contributed by atoms with E-state index in [4.69, 9.17) is 5.73 Å². The van der Waals surface area contributed by atoms with Crippen LogP contribution < -0.4 is 5.73 Å². The SMILES string of the molecule is NC(=NC=O)c1ccc(C2CC2)cc1. The van der Waals surface area contributed by atoms with Crippen LogP contribution in [-0.4, -0.2) is 12.2 Å². The average Bonchev–Trinajstić information content (AvgIpc) is 3.02. The molecule has 1 aromatic rings. The van der Waals surface area contributed by atoms with E-state index in [1.54, 1.807) is 0 Å². The van der Waals surface area contributed by atoms with Crippen molar-refractivity contribution in [1.29, 1.82) is 0 Å². The van der Waals surface area contributed by atoms with E-state index in [1.807, 2.05) is 12.1 Å². The van der Waals surface area contributed by atoms with Gasteiger partial charge in [-0.25, -0.2) is 0 Å². The van der Waals surface area contributed by atoms with Gasteiger partial charge in [0.2, 0.25) is 6.41 Å². The molecular formula is C11H12N2O. The molecule has 0 saturated heterocycles. The van der Waals surface area contributed by atoms with Gasteiger partial charge >= 0.3 is 0 Å². The summed E-state index contributed by atoms with van der Waals surface area (Å²) in [6.45, 7) is 0. The van der Waals surface area contributed by atoms with E-state index >= 15 is 0 Å². The van der Waals surface area contributed by atoms with Crippen LogP contribution in [0.5, 0.6) is 0 Å². The molecule has 1 aromatic carbocycles. The predicted octanol–water partition coefficient (Wildman–Crippen LogP) is 1.43. The Morgan fingerprint density at radius 1 is 1.36 bits per heavy atom. The zero-order chi connectivity index (χ0) is 9.97. The molecule has 1 aliphatic rings. The van der Waals surface area contributed by atoms with E-state index in [2.05, 4.69) is 17.1 Å². The number of rotatable bonds is 3. The normalized spacial score (nSPS) is 16.7. The van der Waals surface area contributed by atoms with Gasteiger partial charge in [-0.3, -0.25) is 4.79 Å². The minimum atomic E-state index is 0.280.